The summed E-state index contributed by atoms with van der Waals surface area (Å²) in [5.74, 6) is 1.26. The van der Waals surface area contributed by atoms with Crippen LogP contribution in [0.3, 0.4) is 0 Å². The Morgan fingerprint density at radius 1 is 1.28 bits per heavy atom. The normalized spacial score (nSPS) is 24.1. The van der Waals surface area contributed by atoms with Crippen LogP contribution in [0.2, 0.25) is 0 Å². The quantitative estimate of drug-likeness (QED) is 0.818. The first kappa shape index (κ1) is 12.2. The van der Waals surface area contributed by atoms with Crippen molar-refractivity contribution in [3.63, 3.8) is 0 Å². The van der Waals surface area contributed by atoms with Crippen molar-refractivity contribution < 1.29 is 4.79 Å². The van der Waals surface area contributed by atoms with Crippen molar-refractivity contribution >= 4 is 21.8 Å². The molecule has 96 valence electrons. The Bertz CT molecular complexity index is 456. The Balaban J connectivity index is 1.71. The third-order valence-corrected chi connectivity index (χ3v) is 4.47. The van der Waals surface area contributed by atoms with Gasteiger partial charge in [0, 0.05) is 29.4 Å². The monoisotopic (exact) mass is 307 g/mol. The van der Waals surface area contributed by atoms with Crippen molar-refractivity contribution in [2.75, 3.05) is 13.1 Å². The maximum absolute atomic E-state index is 12.1. The molecule has 3 rings (SSSR count). The molecule has 2 nitrogen and oxygen atoms in total. The zero-order valence-corrected chi connectivity index (χ0v) is 12.0. The molecule has 18 heavy (non-hydrogen) atoms. The van der Waals surface area contributed by atoms with Crippen LogP contribution in [0.1, 0.15) is 37.2 Å². The number of hydrogen-bond acceptors (Lipinski definition) is 1. The SMILES string of the molecule is O=C(C1CC1)N1CCCC(c2cccc(Br)c2)C1. The Hall–Kier alpha value is -0.830. The summed E-state index contributed by atoms with van der Waals surface area (Å²) in [6, 6.07) is 8.51. The van der Waals surface area contributed by atoms with E-state index in [4.69, 9.17) is 0 Å². The molecule has 2 fully saturated rings. The molecule has 1 aliphatic heterocycles. The first-order valence-corrected chi connectivity index (χ1v) is 7.57. The fourth-order valence-corrected chi connectivity index (χ4v) is 3.22. The molecule has 0 spiro atoms. The van der Waals surface area contributed by atoms with Crippen LogP contribution in [-0.2, 0) is 4.79 Å². The lowest BCUT2D eigenvalue weighted by atomic mass is 9.90. The van der Waals surface area contributed by atoms with Crippen LogP contribution in [0.25, 0.3) is 0 Å². The molecule has 0 bridgehead atoms. The van der Waals surface area contributed by atoms with Crippen LogP contribution < -0.4 is 0 Å². The van der Waals surface area contributed by atoms with Crippen LogP contribution in [0, 0.1) is 5.92 Å². The Morgan fingerprint density at radius 2 is 2.11 bits per heavy atom. The minimum Gasteiger partial charge on any atom is -0.342 e. The Labute approximate surface area is 116 Å². The fraction of sp³-hybridized carbons (Fsp3) is 0.533. The average Bonchev–Trinajstić information content (AvgIpc) is 3.22. The van der Waals surface area contributed by atoms with E-state index in [9.17, 15) is 4.79 Å². The van der Waals surface area contributed by atoms with E-state index in [-0.39, 0.29) is 0 Å². The van der Waals surface area contributed by atoms with E-state index in [1.54, 1.807) is 0 Å². The van der Waals surface area contributed by atoms with E-state index in [1.807, 2.05) is 0 Å². The number of benzene rings is 1. The Kier molecular flexibility index (Phi) is 3.42. The van der Waals surface area contributed by atoms with Crippen molar-refractivity contribution in [2.24, 2.45) is 5.92 Å². The number of piperidine rings is 1. The van der Waals surface area contributed by atoms with Crippen LogP contribution in [0.5, 0.6) is 0 Å². The maximum Gasteiger partial charge on any atom is 0.225 e. The zero-order chi connectivity index (χ0) is 12.5. The first-order chi connectivity index (χ1) is 8.74. The van der Waals surface area contributed by atoms with Gasteiger partial charge in [-0.1, -0.05) is 28.1 Å². The molecule has 1 amide bonds. The Morgan fingerprint density at radius 3 is 2.83 bits per heavy atom. The molecular weight excluding hydrogens is 290 g/mol. The molecule has 1 atom stereocenters. The molecule has 1 aromatic carbocycles. The molecule has 1 saturated heterocycles. The number of carbonyl (C=O) groups is 1. The van der Waals surface area contributed by atoms with Crippen molar-refractivity contribution in [3.05, 3.63) is 34.3 Å². The lowest BCUT2D eigenvalue weighted by Gasteiger charge is -2.33. The second-order valence-corrected chi connectivity index (χ2v) is 6.37. The predicted octanol–water partition coefficient (Wildman–Crippen LogP) is 3.57. The average molecular weight is 308 g/mol. The summed E-state index contributed by atoms with van der Waals surface area (Å²) in [5, 5.41) is 0. The molecule has 0 radical (unpaired) electrons. The molecule has 0 N–H and O–H groups in total. The summed E-state index contributed by atoms with van der Waals surface area (Å²) in [6.07, 6.45) is 4.55. The summed E-state index contributed by atoms with van der Waals surface area (Å²) in [5.41, 5.74) is 1.36. The van der Waals surface area contributed by atoms with Gasteiger partial charge in [-0.3, -0.25) is 4.79 Å². The number of rotatable bonds is 2. The molecule has 2 aliphatic rings. The molecule has 1 aromatic rings. The summed E-state index contributed by atoms with van der Waals surface area (Å²) in [7, 11) is 0. The van der Waals surface area contributed by atoms with E-state index >= 15 is 0 Å². The van der Waals surface area contributed by atoms with Gasteiger partial charge in [-0.25, -0.2) is 0 Å². The van der Waals surface area contributed by atoms with Gasteiger partial charge >= 0.3 is 0 Å². The number of halogens is 1. The second kappa shape index (κ2) is 5.04. The third kappa shape index (κ3) is 2.61. The van der Waals surface area contributed by atoms with Gasteiger partial charge in [0.05, 0.1) is 0 Å². The highest BCUT2D eigenvalue weighted by Gasteiger charge is 2.35. The predicted molar refractivity (Wildman–Crippen MR) is 75.4 cm³/mol. The fourth-order valence-electron chi connectivity index (χ4n) is 2.80. The van der Waals surface area contributed by atoms with Crippen molar-refractivity contribution in [2.45, 2.75) is 31.6 Å². The molecule has 0 aromatic heterocycles. The second-order valence-electron chi connectivity index (χ2n) is 5.45. The lowest BCUT2D eigenvalue weighted by Crippen LogP contribution is -2.39. The molecule has 3 heteroatoms. The number of carbonyl (C=O) groups excluding carboxylic acids is 1. The minimum absolute atomic E-state index is 0.353. The molecule has 1 aliphatic carbocycles. The van der Waals surface area contributed by atoms with E-state index in [2.05, 4.69) is 45.1 Å². The minimum atomic E-state index is 0.353. The number of likely N-dealkylation sites (tertiary alicyclic amines) is 1. The summed E-state index contributed by atoms with van der Waals surface area (Å²) < 4.78 is 1.13. The van der Waals surface area contributed by atoms with Crippen LogP contribution >= 0.6 is 15.9 Å². The smallest absolute Gasteiger partial charge is 0.225 e. The van der Waals surface area contributed by atoms with Gasteiger partial charge < -0.3 is 4.90 Å². The van der Waals surface area contributed by atoms with Gasteiger partial charge in [0.25, 0.3) is 0 Å². The van der Waals surface area contributed by atoms with Gasteiger partial charge in [-0.05, 0) is 43.4 Å². The maximum atomic E-state index is 12.1. The van der Waals surface area contributed by atoms with Crippen molar-refractivity contribution in [1.29, 1.82) is 0 Å². The van der Waals surface area contributed by atoms with Crippen LogP contribution in [0.4, 0.5) is 0 Å². The van der Waals surface area contributed by atoms with Gasteiger partial charge in [0.1, 0.15) is 0 Å². The number of nitrogens with zero attached hydrogens (tertiary/aromatic N) is 1. The van der Waals surface area contributed by atoms with Crippen molar-refractivity contribution in [3.8, 4) is 0 Å². The summed E-state index contributed by atoms with van der Waals surface area (Å²) >= 11 is 3.53. The molecule has 1 heterocycles. The topological polar surface area (TPSA) is 20.3 Å². The highest BCUT2D eigenvalue weighted by molar-refractivity contribution is 9.10. The van der Waals surface area contributed by atoms with Gasteiger partial charge in [-0.15, -0.1) is 0 Å². The summed E-state index contributed by atoms with van der Waals surface area (Å²) in [4.78, 5) is 14.2. The highest BCUT2D eigenvalue weighted by atomic mass is 79.9. The third-order valence-electron chi connectivity index (χ3n) is 3.98. The molecule has 1 unspecified atom stereocenters. The van der Waals surface area contributed by atoms with Crippen LogP contribution in [-0.4, -0.2) is 23.9 Å². The van der Waals surface area contributed by atoms with Gasteiger partial charge in [0.15, 0.2) is 0 Å². The number of hydrogen-bond donors (Lipinski definition) is 0. The van der Waals surface area contributed by atoms with Crippen molar-refractivity contribution in [1.82, 2.24) is 4.90 Å². The van der Waals surface area contributed by atoms with Gasteiger partial charge in [-0.2, -0.15) is 0 Å². The highest BCUT2D eigenvalue weighted by Crippen LogP contribution is 2.34. The van der Waals surface area contributed by atoms with E-state index in [0.29, 0.717) is 17.7 Å². The van der Waals surface area contributed by atoms with Gasteiger partial charge in [0.2, 0.25) is 5.91 Å². The molecular formula is C15H18BrNO. The largest absolute Gasteiger partial charge is 0.342 e. The first-order valence-electron chi connectivity index (χ1n) is 6.78. The van der Waals surface area contributed by atoms with Crippen LogP contribution in [0.15, 0.2) is 28.7 Å². The molecule has 1 saturated carbocycles. The zero-order valence-electron chi connectivity index (χ0n) is 10.4. The van der Waals surface area contributed by atoms with E-state index < -0.39 is 0 Å². The standard InChI is InChI=1S/C15H18BrNO/c16-14-5-1-3-12(9-14)13-4-2-8-17(10-13)15(18)11-6-7-11/h1,3,5,9,11,13H,2,4,6-8,10H2. The van der Waals surface area contributed by atoms with E-state index in [0.717, 1.165) is 36.8 Å². The van der Waals surface area contributed by atoms with E-state index in [1.165, 1.54) is 12.0 Å². The summed E-state index contributed by atoms with van der Waals surface area (Å²) in [6.45, 7) is 1.87. The lowest BCUT2D eigenvalue weighted by molar-refractivity contribution is -0.133. The number of amides is 1.